The van der Waals surface area contributed by atoms with Crippen molar-refractivity contribution in [3.8, 4) is 11.5 Å². The highest BCUT2D eigenvalue weighted by Crippen LogP contribution is 2.30. The molecule has 1 saturated heterocycles. The van der Waals surface area contributed by atoms with E-state index in [0.29, 0.717) is 12.6 Å². The number of carbonyl (C=O) groups is 2. The maximum Gasteiger partial charge on any atom is 0.328 e. The predicted octanol–water partition coefficient (Wildman–Crippen LogP) is 3.35. The lowest BCUT2D eigenvalue weighted by atomic mass is 9.91. The molecule has 0 radical (unpaired) electrons. The maximum atomic E-state index is 12.5. The van der Waals surface area contributed by atoms with E-state index in [2.05, 4.69) is 10.2 Å². The highest BCUT2D eigenvalue weighted by Gasteiger charge is 2.37. The van der Waals surface area contributed by atoms with Crippen molar-refractivity contribution in [2.45, 2.75) is 83.6 Å². The standard InChI is InChI=1S/C27H42N2O6/c1-18(2)26(30)28-19(3)27(31)35-21-12-14-29(17-21)22-8-6-7-9-23(22)34-15-13-20-10-11-24(32-4)25(16-20)33-5/h10-11,16,18-19,21-23H,6-9,12-15,17H2,1-5H3,(H,28,30)/t19?,21-,22-,23-/m1/s1. The molecule has 4 atom stereocenters. The minimum absolute atomic E-state index is 0.141. The summed E-state index contributed by atoms with van der Waals surface area (Å²) in [7, 11) is 3.28. The van der Waals surface area contributed by atoms with Gasteiger partial charge in [0.15, 0.2) is 11.5 Å². The molecular formula is C27H42N2O6. The van der Waals surface area contributed by atoms with Crippen LogP contribution in [-0.2, 0) is 25.5 Å². The SMILES string of the molecule is COc1ccc(CCO[C@@H]2CCCC[C@H]2N2CC[C@@H](OC(=O)C(C)NC(=O)C(C)C)C2)cc1OC. The van der Waals surface area contributed by atoms with Gasteiger partial charge in [-0.05, 0) is 50.3 Å². The fraction of sp³-hybridized carbons (Fsp3) is 0.704. The van der Waals surface area contributed by atoms with Crippen molar-refractivity contribution >= 4 is 11.9 Å². The lowest BCUT2D eigenvalue weighted by Gasteiger charge is -2.37. The third-order valence-electron chi connectivity index (χ3n) is 7.00. The van der Waals surface area contributed by atoms with Crippen LogP contribution in [0.1, 0.15) is 58.4 Å². The number of esters is 1. The first kappa shape index (κ1) is 27.3. The minimum atomic E-state index is -0.638. The molecule has 2 fully saturated rings. The Morgan fingerprint density at radius 2 is 1.80 bits per heavy atom. The number of carbonyl (C=O) groups excluding carboxylic acids is 2. The molecule has 1 aliphatic carbocycles. The largest absolute Gasteiger partial charge is 0.493 e. The maximum absolute atomic E-state index is 12.5. The van der Waals surface area contributed by atoms with Gasteiger partial charge in [-0.15, -0.1) is 0 Å². The molecule has 1 heterocycles. The van der Waals surface area contributed by atoms with Gasteiger partial charge in [-0.2, -0.15) is 0 Å². The number of benzene rings is 1. The number of ether oxygens (including phenoxy) is 4. The van der Waals surface area contributed by atoms with E-state index in [4.69, 9.17) is 18.9 Å². The summed E-state index contributed by atoms with van der Waals surface area (Å²) in [5, 5.41) is 2.72. The average Bonchev–Trinajstić information content (AvgIpc) is 3.32. The molecule has 0 bridgehead atoms. The molecule has 8 nitrogen and oxygen atoms in total. The summed E-state index contributed by atoms with van der Waals surface area (Å²) in [6.45, 7) is 7.55. The second-order valence-electron chi connectivity index (χ2n) is 9.93. The highest BCUT2D eigenvalue weighted by atomic mass is 16.5. The van der Waals surface area contributed by atoms with Crippen LogP contribution >= 0.6 is 0 Å². The quantitative estimate of drug-likeness (QED) is 0.476. The van der Waals surface area contributed by atoms with Crippen LogP contribution in [0, 0.1) is 5.92 Å². The second kappa shape index (κ2) is 13.1. The summed E-state index contributed by atoms with van der Waals surface area (Å²) in [5.41, 5.74) is 1.15. The Morgan fingerprint density at radius 3 is 2.51 bits per heavy atom. The Labute approximate surface area is 209 Å². The van der Waals surface area contributed by atoms with E-state index < -0.39 is 6.04 Å². The van der Waals surface area contributed by atoms with E-state index in [1.54, 1.807) is 35.0 Å². The molecular weight excluding hydrogens is 448 g/mol. The summed E-state index contributed by atoms with van der Waals surface area (Å²) >= 11 is 0. The molecule has 0 spiro atoms. The van der Waals surface area contributed by atoms with E-state index in [-0.39, 0.29) is 30.0 Å². The topological polar surface area (TPSA) is 86.3 Å². The second-order valence-corrected chi connectivity index (χ2v) is 9.93. The van der Waals surface area contributed by atoms with Gasteiger partial charge in [-0.1, -0.05) is 32.8 Å². The van der Waals surface area contributed by atoms with Crippen LogP contribution in [0.25, 0.3) is 0 Å². The van der Waals surface area contributed by atoms with Crippen molar-refractivity contribution in [1.29, 1.82) is 0 Å². The van der Waals surface area contributed by atoms with Crippen LogP contribution < -0.4 is 14.8 Å². The van der Waals surface area contributed by atoms with Gasteiger partial charge in [0.05, 0.1) is 26.9 Å². The molecule has 8 heteroatoms. The van der Waals surface area contributed by atoms with E-state index in [1.165, 1.54) is 12.8 Å². The van der Waals surface area contributed by atoms with Crippen molar-refractivity contribution in [3.63, 3.8) is 0 Å². The Morgan fingerprint density at radius 1 is 1.06 bits per heavy atom. The first-order valence-corrected chi connectivity index (χ1v) is 12.9. The zero-order chi connectivity index (χ0) is 25.4. The fourth-order valence-corrected chi connectivity index (χ4v) is 4.91. The number of rotatable bonds is 11. The van der Waals surface area contributed by atoms with Gasteiger partial charge < -0.3 is 24.3 Å². The van der Waals surface area contributed by atoms with E-state index in [9.17, 15) is 9.59 Å². The average molecular weight is 491 g/mol. The lowest BCUT2D eigenvalue weighted by Crippen LogP contribution is -2.46. The molecule has 1 aromatic rings. The van der Waals surface area contributed by atoms with Crippen LogP contribution in [0.4, 0.5) is 0 Å². The highest BCUT2D eigenvalue weighted by molar-refractivity contribution is 5.85. The molecule has 1 amide bonds. The van der Waals surface area contributed by atoms with E-state index in [0.717, 1.165) is 55.8 Å². The fourth-order valence-electron chi connectivity index (χ4n) is 4.91. The minimum Gasteiger partial charge on any atom is -0.493 e. The monoisotopic (exact) mass is 490 g/mol. The van der Waals surface area contributed by atoms with Gasteiger partial charge in [-0.3, -0.25) is 9.69 Å². The van der Waals surface area contributed by atoms with Gasteiger partial charge in [-0.25, -0.2) is 4.79 Å². The number of hydrogen-bond donors (Lipinski definition) is 1. The predicted molar refractivity (Wildman–Crippen MR) is 134 cm³/mol. The Kier molecular flexibility index (Phi) is 10.2. The third kappa shape index (κ3) is 7.58. The van der Waals surface area contributed by atoms with E-state index >= 15 is 0 Å². The van der Waals surface area contributed by atoms with Crippen LogP contribution in [0.15, 0.2) is 18.2 Å². The third-order valence-corrected chi connectivity index (χ3v) is 7.00. The Hall–Kier alpha value is -2.32. The lowest BCUT2D eigenvalue weighted by molar-refractivity contribution is -0.152. The van der Waals surface area contributed by atoms with Crippen molar-refractivity contribution < 1.29 is 28.5 Å². The van der Waals surface area contributed by atoms with Crippen molar-refractivity contribution in [3.05, 3.63) is 23.8 Å². The molecule has 3 rings (SSSR count). The molecule has 35 heavy (non-hydrogen) atoms. The van der Waals surface area contributed by atoms with Gasteiger partial charge in [0, 0.05) is 25.0 Å². The Bertz CT molecular complexity index is 845. The zero-order valence-electron chi connectivity index (χ0n) is 21.9. The first-order valence-electron chi connectivity index (χ1n) is 12.9. The van der Waals surface area contributed by atoms with Gasteiger partial charge in [0.25, 0.3) is 0 Å². The summed E-state index contributed by atoms with van der Waals surface area (Å²) in [6.07, 6.45) is 6.18. The number of nitrogens with zero attached hydrogens (tertiary/aromatic N) is 1. The summed E-state index contributed by atoms with van der Waals surface area (Å²) in [4.78, 5) is 26.8. The van der Waals surface area contributed by atoms with Gasteiger partial charge in [0.1, 0.15) is 12.1 Å². The number of likely N-dealkylation sites (tertiary alicyclic amines) is 1. The number of hydrogen-bond acceptors (Lipinski definition) is 7. The molecule has 1 unspecified atom stereocenters. The van der Waals surface area contributed by atoms with Gasteiger partial charge in [0.2, 0.25) is 5.91 Å². The van der Waals surface area contributed by atoms with Crippen LogP contribution in [0.2, 0.25) is 0 Å². The van der Waals surface area contributed by atoms with Crippen LogP contribution in [0.3, 0.4) is 0 Å². The smallest absolute Gasteiger partial charge is 0.328 e. The number of nitrogens with one attached hydrogen (secondary N) is 1. The first-order chi connectivity index (χ1) is 16.8. The van der Waals surface area contributed by atoms with Crippen LogP contribution in [0.5, 0.6) is 11.5 Å². The van der Waals surface area contributed by atoms with Crippen molar-refractivity contribution in [1.82, 2.24) is 10.2 Å². The van der Waals surface area contributed by atoms with Gasteiger partial charge >= 0.3 is 5.97 Å². The van der Waals surface area contributed by atoms with Crippen molar-refractivity contribution in [2.75, 3.05) is 33.9 Å². The molecule has 1 N–H and O–H groups in total. The normalized spacial score (nSPS) is 23.7. The summed E-state index contributed by atoms with van der Waals surface area (Å²) < 4.78 is 22.9. The van der Waals surface area contributed by atoms with Crippen molar-refractivity contribution in [2.24, 2.45) is 5.92 Å². The Balaban J connectivity index is 1.48. The molecule has 196 valence electrons. The molecule has 1 saturated carbocycles. The molecule has 1 aliphatic heterocycles. The molecule has 1 aromatic carbocycles. The molecule has 2 aliphatic rings. The van der Waals surface area contributed by atoms with Crippen LogP contribution in [-0.4, -0.2) is 75.0 Å². The summed E-state index contributed by atoms with van der Waals surface area (Å²) in [6, 6.07) is 5.69. The number of amides is 1. The number of methoxy groups -OCH3 is 2. The zero-order valence-corrected chi connectivity index (χ0v) is 21.9. The van der Waals surface area contributed by atoms with E-state index in [1.807, 2.05) is 18.2 Å². The summed E-state index contributed by atoms with van der Waals surface area (Å²) in [5.74, 6) is 0.791. The molecule has 0 aromatic heterocycles.